The number of aromatic nitrogens is 1. The lowest BCUT2D eigenvalue weighted by molar-refractivity contribution is -0.117. The Morgan fingerprint density at radius 3 is 2.73 bits per heavy atom. The first-order valence-electron chi connectivity index (χ1n) is 9.90. The summed E-state index contributed by atoms with van der Waals surface area (Å²) in [5, 5.41) is 5.75. The second kappa shape index (κ2) is 8.49. The minimum atomic E-state index is -0.387. The molecule has 154 valence electrons. The fourth-order valence-corrected chi connectivity index (χ4v) is 3.07. The molecule has 1 fully saturated rings. The lowest BCUT2D eigenvalue weighted by Crippen LogP contribution is -2.15. The van der Waals surface area contributed by atoms with Gasteiger partial charge in [0.2, 0.25) is 11.8 Å². The molecule has 2 amide bonds. The zero-order valence-electron chi connectivity index (χ0n) is 16.6. The molecule has 1 heterocycles. The summed E-state index contributed by atoms with van der Waals surface area (Å²) < 4.78 is 19.4. The van der Waals surface area contributed by atoms with Crippen molar-refractivity contribution in [3.05, 3.63) is 65.9 Å². The quantitative estimate of drug-likeness (QED) is 0.594. The van der Waals surface area contributed by atoms with Gasteiger partial charge < -0.3 is 15.1 Å². The molecular weight excluding hydrogens is 385 g/mol. The minimum absolute atomic E-state index is 0.0191. The van der Waals surface area contributed by atoms with Gasteiger partial charge in [0, 0.05) is 30.1 Å². The van der Waals surface area contributed by atoms with Crippen molar-refractivity contribution in [1.29, 1.82) is 0 Å². The van der Waals surface area contributed by atoms with Crippen molar-refractivity contribution in [2.75, 3.05) is 10.6 Å². The van der Waals surface area contributed by atoms with Crippen LogP contribution in [0.5, 0.6) is 0 Å². The molecule has 2 aromatic carbocycles. The Bertz CT molecular complexity index is 1090. The zero-order valence-corrected chi connectivity index (χ0v) is 16.6. The van der Waals surface area contributed by atoms with E-state index in [0.29, 0.717) is 28.6 Å². The van der Waals surface area contributed by atoms with E-state index in [1.54, 1.807) is 24.3 Å². The summed E-state index contributed by atoms with van der Waals surface area (Å²) in [6.45, 7) is 1.89. The summed E-state index contributed by atoms with van der Waals surface area (Å²) in [6.07, 6.45) is 3.77. The standard InChI is InChI=1S/C23H22FN3O3/c1-14-6-9-16(26-23(29)15-7-8-15)12-19(14)27-21(28)10-11-22-25-13-20(30-22)17-4-2-3-5-18(17)24/h2-6,9,12-13,15H,7-8,10-11H2,1H3,(H,26,29)(H,27,28). The van der Waals surface area contributed by atoms with Crippen LogP contribution in [0.4, 0.5) is 15.8 Å². The average molecular weight is 407 g/mol. The molecule has 6 nitrogen and oxygen atoms in total. The van der Waals surface area contributed by atoms with E-state index >= 15 is 0 Å². The number of halogens is 1. The third kappa shape index (κ3) is 4.74. The summed E-state index contributed by atoms with van der Waals surface area (Å²) in [4.78, 5) is 28.5. The van der Waals surface area contributed by atoms with E-state index in [-0.39, 0.29) is 36.4 Å². The van der Waals surface area contributed by atoms with E-state index in [1.807, 2.05) is 19.1 Å². The number of aryl methyl sites for hydroxylation is 2. The summed E-state index contributed by atoms with van der Waals surface area (Å²) in [5.74, 6) is 0.241. The van der Waals surface area contributed by atoms with E-state index in [2.05, 4.69) is 15.6 Å². The highest BCUT2D eigenvalue weighted by atomic mass is 19.1. The number of carbonyl (C=O) groups excluding carboxylic acids is 2. The van der Waals surface area contributed by atoms with Crippen molar-refractivity contribution >= 4 is 23.2 Å². The second-order valence-corrected chi connectivity index (χ2v) is 7.44. The molecular formula is C23H22FN3O3. The van der Waals surface area contributed by atoms with Gasteiger partial charge in [-0.15, -0.1) is 0 Å². The van der Waals surface area contributed by atoms with Crippen LogP contribution in [0.25, 0.3) is 11.3 Å². The Balaban J connectivity index is 1.35. The number of benzene rings is 2. The molecule has 0 spiro atoms. The molecule has 0 unspecified atom stereocenters. The summed E-state index contributed by atoms with van der Waals surface area (Å²) in [5.41, 5.74) is 2.54. The van der Waals surface area contributed by atoms with Gasteiger partial charge >= 0.3 is 0 Å². The first-order valence-corrected chi connectivity index (χ1v) is 9.90. The molecule has 0 aliphatic heterocycles. The van der Waals surface area contributed by atoms with Crippen LogP contribution in [0.1, 0.15) is 30.7 Å². The van der Waals surface area contributed by atoms with Gasteiger partial charge in [-0.25, -0.2) is 9.37 Å². The van der Waals surface area contributed by atoms with Crippen molar-refractivity contribution in [1.82, 2.24) is 4.98 Å². The van der Waals surface area contributed by atoms with Crippen molar-refractivity contribution < 1.29 is 18.4 Å². The predicted molar refractivity (Wildman–Crippen MR) is 111 cm³/mol. The van der Waals surface area contributed by atoms with Crippen LogP contribution >= 0.6 is 0 Å². The lowest BCUT2D eigenvalue weighted by Gasteiger charge is -2.11. The second-order valence-electron chi connectivity index (χ2n) is 7.44. The molecule has 1 saturated carbocycles. The molecule has 30 heavy (non-hydrogen) atoms. The third-order valence-corrected chi connectivity index (χ3v) is 4.99. The van der Waals surface area contributed by atoms with Crippen LogP contribution in [0.3, 0.4) is 0 Å². The Kier molecular flexibility index (Phi) is 5.61. The fraction of sp³-hybridized carbons (Fsp3) is 0.261. The fourth-order valence-electron chi connectivity index (χ4n) is 3.07. The Morgan fingerprint density at radius 2 is 1.97 bits per heavy atom. The molecule has 3 aromatic rings. The van der Waals surface area contributed by atoms with Crippen molar-refractivity contribution in [3.63, 3.8) is 0 Å². The molecule has 2 N–H and O–H groups in total. The van der Waals surface area contributed by atoms with Gasteiger partial charge in [-0.2, -0.15) is 0 Å². The maximum Gasteiger partial charge on any atom is 0.227 e. The van der Waals surface area contributed by atoms with Crippen LogP contribution in [0, 0.1) is 18.7 Å². The monoisotopic (exact) mass is 407 g/mol. The number of hydrogen-bond acceptors (Lipinski definition) is 4. The normalized spacial score (nSPS) is 13.1. The predicted octanol–water partition coefficient (Wildman–Crippen LogP) is 4.71. The van der Waals surface area contributed by atoms with E-state index in [9.17, 15) is 14.0 Å². The van der Waals surface area contributed by atoms with Crippen LogP contribution < -0.4 is 10.6 Å². The zero-order chi connectivity index (χ0) is 21.1. The number of rotatable bonds is 7. The van der Waals surface area contributed by atoms with Crippen molar-refractivity contribution in [2.24, 2.45) is 5.92 Å². The maximum absolute atomic E-state index is 13.9. The number of oxazole rings is 1. The van der Waals surface area contributed by atoms with Crippen LogP contribution in [-0.4, -0.2) is 16.8 Å². The number of anilines is 2. The third-order valence-electron chi connectivity index (χ3n) is 4.99. The number of amides is 2. The Labute approximate surface area is 173 Å². The number of nitrogens with zero attached hydrogens (tertiary/aromatic N) is 1. The van der Waals surface area contributed by atoms with Crippen molar-refractivity contribution in [3.8, 4) is 11.3 Å². The van der Waals surface area contributed by atoms with E-state index in [4.69, 9.17) is 4.42 Å². The summed E-state index contributed by atoms with van der Waals surface area (Å²) in [7, 11) is 0. The lowest BCUT2D eigenvalue weighted by atomic mass is 10.1. The Hall–Kier alpha value is -3.48. The molecule has 0 saturated heterocycles. The van der Waals surface area contributed by atoms with Gasteiger partial charge in [0.15, 0.2) is 11.7 Å². The first kappa shape index (κ1) is 19.8. The summed E-state index contributed by atoms with van der Waals surface area (Å²) in [6, 6.07) is 11.7. The highest BCUT2D eigenvalue weighted by Crippen LogP contribution is 2.31. The maximum atomic E-state index is 13.9. The van der Waals surface area contributed by atoms with Crippen LogP contribution in [0.15, 0.2) is 53.1 Å². The number of carbonyl (C=O) groups is 2. The molecule has 1 aromatic heterocycles. The van der Waals surface area contributed by atoms with Crippen molar-refractivity contribution in [2.45, 2.75) is 32.6 Å². The van der Waals surface area contributed by atoms with E-state index in [0.717, 1.165) is 18.4 Å². The largest absolute Gasteiger partial charge is 0.441 e. The van der Waals surface area contributed by atoms with E-state index < -0.39 is 0 Å². The van der Waals surface area contributed by atoms with Gasteiger partial charge in [-0.3, -0.25) is 9.59 Å². The molecule has 4 rings (SSSR count). The molecule has 0 radical (unpaired) electrons. The highest BCUT2D eigenvalue weighted by molar-refractivity contribution is 5.96. The van der Waals surface area contributed by atoms with Gasteiger partial charge in [-0.1, -0.05) is 18.2 Å². The topological polar surface area (TPSA) is 84.2 Å². The Morgan fingerprint density at radius 1 is 1.17 bits per heavy atom. The summed E-state index contributed by atoms with van der Waals surface area (Å²) >= 11 is 0. The van der Waals surface area contributed by atoms with Gasteiger partial charge in [0.25, 0.3) is 0 Å². The van der Waals surface area contributed by atoms with E-state index in [1.165, 1.54) is 12.3 Å². The smallest absolute Gasteiger partial charge is 0.227 e. The number of hydrogen-bond donors (Lipinski definition) is 2. The van der Waals surface area contributed by atoms with Gasteiger partial charge in [0.05, 0.1) is 11.8 Å². The molecule has 1 aliphatic rings. The number of nitrogens with one attached hydrogen (secondary N) is 2. The molecule has 0 atom stereocenters. The first-order chi connectivity index (χ1) is 14.5. The average Bonchev–Trinajstić information content (AvgIpc) is 3.48. The van der Waals surface area contributed by atoms with Crippen LogP contribution in [-0.2, 0) is 16.0 Å². The molecule has 7 heteroatoms. The van der Waals surface area contributed by atoms with Gasteiger partial charge in [-0.05, 0) is 49.6 Å². The highest BCUT2D eigenvalue weighted by Gasteiger charge is 2.29. The molecule has 0 bridgehead atoms. The molecule has 1 aliphatic carbocycles. The minimum Gasteiger partial charge on any atom is -0.441 e. The SMILES string of the molecule is Cc1ccc(NC(=O)C2CC2)cc1NC(=O)CCc1ncc(-c2ccccc2F)o1. The van der Waals surface area contributed by atoms with Crippen LogP contribution in [0.2, 0.25) is 0 Å². The van der Waals surface area contributed by atoms with Gasteiger partial charge in [0.1, 0.15) is 5.82 Å².